The van der Waals surface area contributed by atoms with E-state index in [1.807, 2.05) is 0 Å². The molecule has 0 aliphatic rings. The molecule has 0 aliphatic heterocycles. The summed E-state index contributed by atoms with van der Waals surface area (Å²) in [5, 5.41) is 8.54. The van der Waals surface area contributed by atoms with Crippen molar-refractivity contribution in [1.82, 2.24) is 0 Å². The average Bonchev–Trinajstić information content (AvgIpc) is 1.97. The molecular weight excluding hydrogens is 163 g/mol. The zero-order chi connectivity index (χ0) is 8.69. The van der Waals surface area contributed by atoms with Crippen LogP contribution in [0.1, 0.15) is 46.0 Å². The second-order valence-electron chi connectivity index (χ2n) is 3.09. The minimum atomic E-state index is -0.665. The van der Waals surface area contributed by atoms with Gasteiger partial charge < -0.3 is 5.11 Å². The molecule has 0 aliphatic carbocycles. The fourth-order valence-electron chi connectivity index (χ4n) is 1.00. The van der Waals surface area contributed by atoms with Crippen LogP contribution >= 0.6 is 0 Å². The SMILES string of the molecule is CCCCCCC(C)C(=O)O.[NaH]. The van der Waals surface area contributed by atoms with Crippen LogP contribution in [0, 0.1) is 5.92 Å². The summed E-state index contributed by atoms with van der Waals surface area (Å²) in [5.74, 6) is -0.826. The summed E-state index contributed by atoms with van der Waals surface area (Å²) in [6.07, 6.45) is 5.50. The number of hydrogen-bond acceptors (Lipinski definition) is 1. The van der Waals surface area contributed by atoms with Gasteiger partial charge in [-0.3, -0.25) is 4.79 Å². The van der Waals surface area contributed by atoms with Crippen LogP contribution in [0.15, 0.2) is 0 Å². The van der Waals surface area contributed by atoms with Crippen molar-refractivity contribution in [2.24, 2.45) is 5.92 Å². The van der Waals surface area contributed by atoms with Crippen LogP contribution in [0.25, 0.3) is 0 Å². The molecular formula is C9H19NaO2. The minimum absolute atomic E-state index is 0. The summed E-state index contributed by atoms with van der Waals surface area (Å²) < 4.78 is 0. The molecule has 2 nitrogen and oxygen atoms in total. The molecule has 3 heteroatoms. The van der Waals surface area contributed by atoms with Crippen LogP contribution in [0.5, 0.6) is 0 Å². The van der Waals surface area contributed by atoms with Crippen LogP contribution in [-0.4, -0.2) is 40.6 Å². The number of carbonyl (C=O) groups is 1. The molecule has 0 rings (SSSR count). The number of carboxylic acids is 1. The molecule has 0 aromatic rings. The van der Waals surface area contributed by atoms with Gasteiger partial charge in [-0.2, -0.15) is 0 Å². The summed E-state index contributed by atoms with van der Waals surface area (Å²) in [4.78, 5) is 10.4. The molecule has 0 bridgehead atoms. The Kier molecular flexibility index (Phi) is 11.9. The Hall–Kier alpha value is 0.470. The zero-order valence-electron chi connectivity index (χ0n) is 7.47. The predicted molar refractivity (Wildman–Crippen MR) is 52.7 cm³/mol. The van der Waals surface area contributed by atoms with Crippen molar-refractivity contribution in [2.45, 2.75) is 46.0 Å². The monoisotopic (exact) mass is 182 g/mol. The number of aliphatic carboxylic acids is 1. The molecule has 0 aromatic heterocycles. The van der Waals surface area contributed by atoms with Gasteiger partial charge in [0.1, 0.15) is 0 Å². The van der Waals surface area contributed by atoms with Gasteiger partial charge in [0.2, 0.25) is 0 Å². The van der Waals surface area contributed by atoms with E-state index in [2.05, 4.69) is 6.92 Å². The molecule has 1 N–H and O–H groups in total. The second kappa shape index (κ2) is 9.56. The molecule has 0 saturated heterocycles. The summed E-state index contributed by atoms with van der Waals surface area (Å²) >= 11 is 0. The van der Waals surface area contributed by atoms with Crippen molar-refractivity contribution >= 4 is 35.5 Å². The van der Waals surface area contributed by atoms with E-state index in [-0.39, 0.29) is 35.5 Å². The first kappa shape index (κ1) is 15.0. The van der Waals surface area contributed by atoms with E-state index in [4.69, 9.17) is 5.11 Å². The van der Waals surface area contributed by atoms with Gasteiger partial charge in [-0.25, -0.2) is 0 Å². The normalized spacial score (nSPS) is 11.8. The van der Waals surface area contributed by atoms with Gasteiger partial charge in [0.05, 0.1) is 5.92 Å². The van der Waals surface area contributed by atoms with Crippen LogP contribution in [0.2, 0.25) is 0 Å². The van der Waals surface area contributed by atoms with Gasteiger partial charge in [0.25, 0.3) is 0 Å². The van der Waals surface area contributed by atoms with Gasteiger partial charge >= 0.3 is 35.5 Å². The average molecular weight is 182 g/mol. The molecule has 0 spiro atoms. The van der Waals surface area contributed by atoms with Gasteiger partial charge in [-0.1, -0.05) is 39.5 Å². The van der Waals surface area contributed by atoms with Gasteiger partial charge in [0, 0.05) is 0 Å². The van der Waals surface area contributed by atoms with Crippen molar-refractivity contribution in [1.29, 1.82) is 0 Å². The third-order valence-electron chi connectivity index (χ3n) is 1.91. The molecule has 68 valence electrons. The number of unbranched alkanes of at least 4 members (excludes halogenated alkanes) is 3. The predicted octanol–water partition coefficient (Wildman–Crippen LogP) is 2.03. The molecule has 0 saturated carbocycles. The number of rotatable bonds is 6. The van der Waals surface area contributed by atoms with Gasteiger partial charge in [-0.05, 0) is 6.42 Å². The third-order valence-corrected chi connectivity index (χ3v) is 1.91. The molecule has 12 heavy (non-hydrogen) atoms. The fourth-order valence-corrected chi connectivity index (χ4v) is 1.00. The zero-order valence-corrected chi connectivity index (χ0v) is 7.47. The van der Waals surface area contributed by atoms with E-state index in [1.165, 1.54) is 19.3 Å². The molecule has 1 atom stereocenters. The Morgan fingerprint density at radius 3 is 2.33 bits per heavy atom. The Morgan fingerprint density at radius 2 is 1.92 bits per heavy atom. The Morgan fingerprint density at radius 1 is 1.33 bits per heavy atom. The van der Waals surface area contributed by atoms with Crippen LogP contribution in [0.4, 0.5) is 0 Å². The number of carboxylic acid groups (broad SMARTS) is 1. The first-order chi connectivity index (χ1) is 5.18. The topological polar surface area (TPSA) is 37.3 Å². The molecule has 0 heterocycles. The van der Waals surface area contributed by atoms with Crippen molar-refractivity contribution in [3.63, 3.8) is 0 Å². The maximum atomic E-state index is 10.4. The van der Waals surface area contributed by atoms with E-state index in [1.54, 1.807) is 6.92 Å². The van der Waals surface area contributed by atoms with Crippen LogP contribution < -0.4 is 0 Å². The molecule has 0 fully saturated rings. The fraction of sp³-hybridized carbons (Fsp3) is 0.889. The van der Waals surface area contributed by atoms with E-state index in [0.717, 1.165) is 12.8 Å². The Bertz CT molecular complexity index is 115. The van der Waals surface area contributed by atoms with E-state index < -0.39 is 5.97 Å². The van der Waals surface area contributed by atoms with Crippen molar-refractivity contribution in [3.8, 4) is 0 Å². The summed E-state index contributed by atoms with van der Waals surface area (Å²) in [6, 6.07) is 0. The summed E-state index contributed by atoms with van der Waals surface area (Å²) in [6.45, 7) is 3.93. The molecule has 0 amide bonds. The van der Waals surface area contributed by atoms with Crippen molar-refractivity contribution < 1.29 is 9.90 Å². The van der Waals surface area contributed by atoms with Crippen LogP contribution in [-0.2, 0) is 4.79 Å². The maximum absolute atomic E-state index is 10.4. The summed E-state index contributed by atoms with van der Waals surface area (Å²) in [5.41, 5.74) is 0. The molecule has 0 radical (unpaired) electrons. The van der Waals surface area contributed by atoms with Crippen molar-refractivity contribution in [2.75, 3.05) is 0 Å². The van der Waals surface area contributed by atoms with E-state index in [9.17, 15) is 4.79 Å². The quantitative estimate of drug-likeness (QED) is 0.504. The van der Waals surface area contributed by atoms with Crippen LogP contribution in [0.3, 0.4) is 0 Å². The second-order valence-corrected chi connectivity index (χ2v) is 3.09. The molecule has 1 unspecified atom stereocenters. The summed E-state index contributed by atoms with van der Waals surface area (Å²) in [7, 11) is 0. The van der Waals surface area contributed by atoms with Gasteiger partial charge in [0.15, 0.2) is 0 Å². The Balaban J connectivity index is 0. The third kappa shape index (κ3) is 8.57. The van der Waals surface area contributed by atoms with Crippen molar-refractivity contribution in [3.05, 3.63) is 0 Å². The first-order valence-corrected chi connectivity index (χ1v) is 4.41. The van der Waals surface area contributed by atoms with E-state index in [0.29, 0.717) is 0 Å². The van der Waals surface area contributed by atoms with Gasteiger partial charge in [-0.15, -0.1) is 0 Å². The first-order valence-electron chi connectivity index (χ1n) is 4.41. The van der Waals surface area contributed by atoms with E-state index >= 15 is 0 Å². The number of hydrogen-bond donors (Lipinski definition) is 1. The standard InChI is InChI=1S/C9H18O2.Na.H/c1-3-4-5-6-7-8(2)9(10)11;;/h8H,3-7H2,1-2H3,(H,10,11);;. The molecule has 0 aromatic carbocycles. The Labute approximate surface area is 97.0 Å².